The van der Waals surface area contributed by atoms with E-state index in [4.69, 9.17) is 0 Å². The van der Waals surface area contributed by atoms with Crippen LogP contribution >= 0.6 is 0 Å². The highest BCUT2D eigenvalue weighted by atomic mass is 16.2. The first kappa shape index (κ1) is 17.1. The zero-order chi connectivity index (χ0) is 17.5. The molecule has 0 aliphatic carbocycles. The van der Waals surface area contributed by atoms with Crippen molar-refractivity contribution in [2.75, 3.05) is 5.32 Å². The van der Waals surface area contributed by atoms with Crippen LogP contribution < -0.4 is 16.3 Å². The summed E-state index contributed by atoms with van der Waals surface area (Å²) in [4.78, 5) is 34.5. The van der Waals surface area contributed by atoms with Crippen LogP contribution in [0.1, 0.15) is 19.4 Å². The topological polar surface area (TPSA) is 92.6 Å². The quantitative estimate of drug-likeness (QED) is 0.641. The Hall–Kier alpha value is -3.22. The number of hydrogen-bond donors (Lipinski definition) is 2. The molecule has 2 rings (SSSR count). The molecule has 2 N–H and O–H groups in total. The lowest BCUT2D eigenvalue weighted by atomic mass is 10.1. The molecule has 124 valence electrons. The maximum Gasteiger partial charge on any atom is 0.260 e. The molecule has 7 heteroatoms. The van der Waals surface area contributed by atoms with Crippen LogP contribution in [0.3, 0.4) is 0 Å². The lowest BCUT2D eigenvalue weighted by molar-refractivity contribution is -0.121. The van der Waals surface area contributed by atoms with Gasteiger partial charge < -0.3 is 9.88 Å². The normalized spacial score (nSPS) is 11.0. The number of nitrogens with zero attached hydrogens (tertiary/aromatic N) is 2. The molecule has 0 fully saturated rings. The number of rotatable bonds is 5. The summed E-state index contributed by atoms with van der Waals surface area (Å²) in [5, 5.41) is 6.71. The molecule has 1 aromatic carbocycles. The summed E-state index contributed by atoms with van der Waals surface area (Å²) in [6.07, 6.45) is 1.54. The predicted molar refractivity (Wildman–Crippen MR) is 91.8 cm³/mol. The summed E-state index contributed by atoms with van der Waals surface area (Å²) in [6.45, 7) is 3.06. The van der Waals surface area contributed by atoms with Gasteiger partial charge in [0, 0.05) is 24.9 Å². The highest BCUT2D eigenvalue weighted by Gasteiger charge is 2.04. The van der Waals surface area contributed by atoms with E-state index in [0.29, 0.717) is 11.4 Å². The van der Waals surface area contributed by atoms with Crippen molar-refractivity contribution in [3.05, 3.63) is 64.6 Å². The molecular formula is C17H18N4O3. The van der Waals surface area contributed by atoms with Crippen LogP contribution in [0.2, 0.25) is 0 Å². The number of aromatic nitrogens is 1. The predicted octanol–water partition coefficient (Wildman–Crippen LogP) is 1.35. The third-order valence-corrected chi connectivity index (χ3v) is 3.16. The fourth-order valence-electron chi connectivity index (χ4n) is 2.02. The molecule has 1 heterocycles. The van der Waals surface area contributed by atoms with Crippen LogP contribution in [0.25, 0.3) is 0 Å². The van der Waals surface area contributed by atoms with E-state index in [1.54, 1.807) is 37.3 Å². The second-order valence-electron chi connectivity index (χ2n) is 5.16. The lowest BCUT2D eigenvalue weighted by Gasteiger charge is -2.07. The van der Waals surface area contributed by atoms with Crippen molar-refractivity contribution in [3.8, 4) is 0 Å². The molecule has 0 bridgehead atoms. The van der Waals surface area contributed by atoms with Crippen molar-refractivity contribution >= 4 is 23.2 Å². The van der Waals surface area contributed by atoms with Gasteiger partial charge in [-0.25, -0.2) is 5.43 Å². The Labute approximate surface area is 139 Å². The lowest BCUT2D eigenvalue weighted by Crippen LogP contribution is -2.29. The monoisotopic (exact) mass is 326 g/mol. The first-order valence-corrected chi connectivity index (χ1v) is 7.32. The number of amides is 2. The van der Waals surface area contributed by atoms with E-state index in [9.17, 15) is 14.4 Å². The van der Waals surface area contributed by atoms with Crippen LogP contribution in [0.15, 0.2) is 58.6 Å². The van der Waals surface area contributed by atoms with E-state index >= 15 is 0 Å². The summed E-state index contributed by atoms with van der Waals surface area (Å²) in [5.41, 5.74) is 4.16. The maximum absolute atomic E-state index is 11.9. The van der Waals surface area contributed by atoms with Crippen molar-refractivity contribution < 1.29 is 9.59 Å². The molecule has 0 atom stereocenters. The average molecular weight is 326 g/mol. The molecule has 0 unspecified atom stereocenters. The van der Waals surface area contributed by atoms with E-state index in [1.807, 2.05) is 6.07 Å². The van der Waals surface area contributed by atoms with Gasteiger partial charge in [-0.2, -0.15) is 5.10 Å². The second kappa shape index (κ2) is 7.87. The molecule has 24 heavy (non-hydrogen) atoms. The van der Waals surface area contributed by atoms with Crippen LogP contribution in [-0.2, 0) is 16.1 Å². The van der Waals surface area contributed by atoms with E-state index in [2.05, 4.69) is 15.8 Å². The molecule has 0 saturated heterocycles. The molecule has 0 spiro atoms. The average Bonchev–Trinajstić information content (AvgIpc) is 2.54. The number of hydrogen-bond acceptors (Lipinski definition) is 4. The minimum atomic E-state index is -0.402. The van der Waals surface area contributed by atoms with Crippen molar-refractivity contribution in [1.29, 1.82) is 0 Å². The zero-order valence-corrected chi connectivity index (χ0v) is 13.4. The highest BCUT2D eigenvalue weighted by Crippen LogP contribution is 2.11. The van der Waals surface area contributed by atoms with Gasteiger partial charge in [0.2, 0.25) is 5.91 Å². The van der Waals surface area contributed by atoms with Crippen molar-refractivity contribution in [3.63, 3.8) is 0 Å². The molecule has 2 amide bonds. The number of carbonyl (C=O) groups excluding carboxylic acids is 2. The molecule has 0 aliphatic rings. The summed E-state index contributed by atoms with van der Waals surface area (Å²) >= 11 is 0. The Bertz CT molecular complexity index is 839. The van der Waals surface area contributed by atoms with Crippen LogP contribution in [0, 0.1) is 0 Å². The van der Waals surface area contributed by atoms with Gasteiger partial charge in [0.25, 0.3) is 11.5 Å². The van der Waals surface area contributed by atoms with E-state index in [0.717, 1.165) is 5.56 Å². The van der Waals surface area contributed by atoms with E-state index in [-0.39, 0.29) is 18.0 Å². The van der Waals surface area contributed by atoms with Gasteiger partial charge >= 0.3 is 0 Å². The third-order valence-electron chi connectivity index (χ3n) is 3.16. The minimum Gasteiger partial charge on any atom is -0.326 e. The Morgan fingerprint density at radius 3 is 2.62 bits per heavy atom. The van der Waals surface area contributed by atoms with Gasteiger partial charge in [-0.05, 0) is 30.7 Å². The number of hydrazone groups is 1. The smallest absolute Gasteiger partial charge is 0.260 e. The third kappa shape index (κ3) is 4.91. The van der Waals surface area contributed by atoms with E-state index in [1.165, 1.54) is 23.8 Å². The van der Waals surface area contributed by atoms with Gasteiger partial charge in [-0.3, -0.25) is 14.4 Å². The summed E-state index contributed by atoms with van der Waals surface area (Å²) in [5.74, 6) is -0.566. The highest BCUT2D eigenvalue weighted by molar-refractivity contribution is 6.00. The van der Waals surface area contributed by atoms with Gasteiger partial charge in [0.05, 0.1) is 5.71 Å². The molecule has 0 radical (unpaired) electrons. The van der Waals surface area contributed by atoms with Crippen LogP contribution in [-0.4, -0.2) is 22.1 Å². The molecule has 7 nitrogen and oxygen atoms in total. The van der Waals surface area contributed by atoms with Crippen LogP contribution in [0.4, 0.5) is 5.69 Å². The number of carbonyl (C=O) groups is 2. The summed E-state index contributed by atoms with van der Waals surface area (Å²) in [7, 11) is 0. The molecule has 0 aliphatic heterocycles. The SMILES string of the molecule is CC(=O)Nc1cccc(/C(C)=N\NC(=O)Cn2ccccc2=O)c1. The zero-order valence-electron chi connectivity index (χ0n) is 13.4. The number of anilines is 1. The number of nitrogens with one attached hydrogen (secondary N) is 2. The molecule has 0 saturated carbocycles. The fourth-order valence-corrected chi connectivity index (χ4v) is 2.02. The Balaban J connectivity index is 2.03. The Kier molecular flexibility index (Phi) is 5.62. The fraction of sp³-hybridized carbons (Fsp3) is 0.176. The maximum atomic E-state index is 11.9. The molecular weight excluding hydrogens is 308 g/mol. The standard InChI is InChI=1S/C17H18N4O3/c1-12(14-6-5-7-15(10-14)18-13(2)22)19-20-16(23)11-21-9-4-3-8-17(21)24/h3-10H,11H2,1-2H3,(H,18,22)(H,20,23)/b19-12-. The van der Waals surface area contributed by atoms with Gasteiger partial charge in [0.1, 0.15) is 6.54 Å². The summed E-state index contributed by atoms with van der Waals surface area (Å²) in [6, 6.07) is 11.8. The number of benzene rings is 1. The minimum absolute atomic E-state index is 0.109. The first-order valence-electron chi connectivity index (χ1n) is 7.32. The van der Waals surface area contributed by atoms with Gasteiger partial charge in [-0.15, -0.1) is 0 Å². The molecule has 1 aromatic heterocycles. The molecule has 2 aromatic rings. The van der Waals surface area contributed by atoms with Crippen molar-refractivity contribution in [2.24, 2.45) is 5.10 Å². The first-order chi connectivity index (χ1) is 11.5. The van der Waals surface area contributed by atoms with Crippen molar-refractivity contribution in [2.45, 2.75) is 20.4 Å². The summed E-state index contributed by atoms with van der Waals surface area (Å²) < 4.78 is 1.29. The van der Waals surface area contributed by atoms with Crippen LogP contribution in [0.5, 0.6) is 0 Å². The Morgan fingerprint density at radius 2 is 1.92 bits per heavy atom. The number of pyridine rings is 1. The van der Waals surface area contributed by atoms with Gasteiger partial charge in [-0.1, -0.05) is 18.2 Å². The largest absolute Gasteiger partial charge is 0.326 e. The Morgan fingerprint density at radius 1 is 1.12 bits per heavy atom. The second-order valence-corrected chi connectivity index (χ2v) is 5.16. The van der Waals surface area contributed by atoms with Crippen molar-refractivity contribution in [1.82, 2.24) is 9.99 Å². The van der Waals surface area contributed by atoms with Gasteiger partial charge in [0.15, 0.2) is 0 Å². The van der Waals surface area contributed by atoms with E-state index < -0.39 is 5.91 Å².